The van der Waals surface area contributed by atoms with Gasteiger partial charge in [0.15, 0.2) is 5.82 Å². The fraction of sp³-hybridized carbons (Fsp3) is 0.529. The second-order valence-corrected chi connectivity index (χ2v) is 6.34. The molecule has 0 bridgehead atoms. The van der Waals surface area contributed by atoms with Crippen LogP contribution in [-0.2, 0) is 12.8 Å². The molecule has 0 aliphatic heterocycles. The maximum atomic E-state index is 6.40. The summed E-state index contributed by atoms with van der Waals surface area (Å²) in [6.07, 6.45) is 6.20. The van der Waals surface area contributed by atoms with Crippen LogP contribution >= 0.6 is 0 Å². The minimum Gasteiger partial charge on any atom is -0.339 e. The molecule has 1 aliphatic carbocycles. The molecule has 1 aliphatic rings. The highest BCUT2D eigenvalue weighted by molar-refractivity contribution is 5.15. The molecule has 1 heterocycles. The minimum atomic E-state index is -0.221. The van der Waals surface area contributed by atoms with Crippen molar-refractivity contribution in [2.75, 3.05) is 0 Å². The predicted octanol–water partition coefficient (Wildman–Crippen LogP) is 3.23. The molecule has 3 rings (SSSR count). The molecule has 0 saturated heterocycles. The highest BCUT2D eigenvalue weighted by Crippen LogP contribution is 2.38. The molecule has 1 saturated carbocycles. The van der Waals surface area contributed by atoms with Gasteiger partial charge in [0, 0.05) is 12.0 Å². The second-order valence-electron chi connectivity index (χ2n) is 6.34. The summed E-state index contributed by atoms with van der Waals surface area (Å²) in [5.74, 6) is 1.71. The molecule has 21 heavy (non-hydrogen) atoms. The molecule has 1 aromatic heterocycles. The normalized spacial score (nSPS) is 25.9. The minimum absolute atomic E-state index is 0.198. The average molecular weight is 285 g/mol. The zero-order valence-electron chi connectivity index (χ0n) is 12.6. The van der Waals surface area contributed by atoms with Gasteiger partial charge in [0.05, 0.1) is 5.92 Å². The fourth-order valence-corrected chi connectivity index (χ4v) is 3.18. The Hall–Kier alpha value is -1.68. The van der Waals surface area contributed by atoms with Crippen LogP contribution in [0.3, 0.4) is 0 Å². The Bertz CT molecular complexity index is 577. The molecule has 1 fully saturated rings. The van der Waals surface area contributed by atoms with Crippen molar-refractivity contribution in [3.8, 4) is 0 Å². The van der Waals surface area contributed by atoms with E-state index in [1.807, 2.05) is 6.07 Å². The maximum absolute atomic E-state index is 6.40. The molecular weight excluding hydrogens is 262 g/mol. The summed E-state index contributed by atoms with van der Waals surface area (Å²) in [5, 5.41) is 4.13. The first-order valence-corrected chi connectivity index (χ1v) is 7.80. The van der Waals surface area contributed by atoms with E-state index in [2.05, 4.69) is 41.3 Å². The van der Waals surface area contributed by atoms with Gasteiger partial charge < -0.3 is 10.3 Å². The Balaban J connectivity index is 1.66. The van der Waals surface area contributed by atoms with Gasteiger partial charge in [-0.3, -0.25) is 0 Å². The van der Waals surface area contributed by atoms with Crippen LogP contribution in [0.25, 0.3) is 0 Å². The van der Waals surface area contributed by atoms with Crippen molar-refractivity contribution in [3.05, 3.63) is 47.6 Å². The van der Waals surface area contributed by atoms with Crippen LogP contribution in [0.15, 0.2) is 34.9 Å². The zero-order chi connectivity index (χ0) is 14.7. The monoisotopic (exact) mass is 285 g/mol. The highest BCUT2D eigenvalue weighted by atomic mass is 16.5. The highest BCUT2D eigenvalue weighted by Gasteiger charge is 2.37. The molecule has 4 heteroatoms. The van der Waals surface area contributed by atoms with Crippen molar-refractivity contribution in [3.63, 3.8) is 0 Å². The molecule has 2 N–H and O–H groups in total. The molecule has 112 valence electrons. The van der Waals surface area contributed by atoms with Crippen molar-refractivity contribution >= 4 is 0 Å². The number of hydrogen-bond acceptors (Lipinski definition) is 4. The number of hydrogen-bond donors (Lipinski definition) is 1. The predicted molar refractivity (Wildman–Crippen MR) is 81.9 cm³/mol. The van der Waals surface area contributed by atoms with Crippen LogP contribution in [0.2, 0.25) is 0 Å². The summed E-state index contributed by atoms with van der Waals surface area (Å²) >= 11 is 0. The van der Waals surface area contributed by atoms with Crippen LogP contribution in [0.5, 0.6) is 0 Å². The SMILES string of the molecule is CC1(N)CCCCC1c1nc(CCc2ccccc2)no1. The van der Waals surface area contributed by atoms with Crippen LogP contribution in [0.1, 0.15) is 55.8 Å². The van der Waals surface area contributed by atoms with Gasteiger partial charge in [-0.1, -0.05) is 48.3 Å². The molecule has 2 aromatic rings. The lowest BCUT2D eigenvalue weighted by Gasteiger charge is -2.35. The third-order valence-electron chi connectivity index (χ3n) is 4.52. The van der Waals surface area contributed by atoms with E-state index >= 15 is 0 Å². The molecule has 0 amide bonds. The number of benzene rings is 1. The number of aromatic nitrogens is 2. The molecule has 0 radical (unpaired) electrons. The van der Waals surface area contributed by atoms with Gasteiger partial charge in [0.1, 0.15) is 0 Å². The lowest BCUT2D eigenvalue weighted by Crippen LogP contribution is -2.44. The van der Waals surface area contributed by atoms with Crippen LogP contribution < -0.4 is 5.73 Å². The van der Waals surface area contributed by atoms with Gasteiger partial charge in [-0.25, -0.2) is 0 Å². The summed E-state index contributed by atoms with van der Waals surface area (Å²) in [4.78, 5) is 4.59. The topological polar surface area (TPSA) is 64.9 Å². The third kappa shape index (κ3) is 3.32. The first-order valence-electron chi connectivity index (χ1n) is 7.80. The Labute approximate surface area is 125 Å². The summed E-state index contributed by atoms with van der Waals surface area (Å²) in [6, 6.07) is 10.4. The van der Waals surface area contributed by atoms with Gasteiger partial charge in [-0.05, 0) is 31.7 Å². The van der Waals surface area contributed by atoms with Crippen LogP contribution in [0.4, 0.5) is 0 Å². The summed E-state index contributed by atoms with van der Waals surface area (Å²) in [6.45, 7) is 2.10. The summed E-state index contributed by atoms with van der Waals surface area (Å²) in [5.41, 5.74) is 7.48. The smallest absolute Gasteiger partial charge is 0.231 e. The second kappa shape index (κ2) is 5.98. The van der Waals surface area contributed by atoms with Crippen molar-refractivity contribution in [1.82, 2.24) is 10.1 Å². The molecule has 1 aromatic carbocycles. The Kier molecular flexibility index (Phi) is 4.06. The van der Waals surface area contributed by atoms with E-state index < -0.39 is 0 Å². The van der Waals surface area contributed by atoms with E-state index in [0.29, 0.717) is 0 Å². The quantitative estimate of drug-likeness (QED) is 0.936. The van der Waals surface area contributed by atoms with Gasteiger partial charge in [0.2, 0.25) is 5.89 Å². The number of aryl methyl sites for hydroxylation is 2. The van der Waals surface area contributed by atoms with E-state index in [0.717, 1.165) is 37.4 Å². The maximum Gasteiger partial charge on any atom is 0.231 e. The van der Waals surface area contributed by atoms with E-state index in [-0.39, 0.29) is 11.5 Å². The summed E-state index contributed by atoms with van der Waals surface area (Å²) in [7, 11) is 0. The van der Waals surface area contributed by atoms with E-state index in [9.17, 15) is 0 Å². The third-order valence-corrected chi connectivity index (χ3v) is 4.52. The average Bonchev–Trinajstić information content (AvgIpc) is 2.94. The molecular formula is C17H23N3O. The van der Waals surface area contributed by atoms with E-state index in [1.165, 1.54) is 18.4 Å². The largest absolute Gasteiger partial charge is 0.339 e. The van der Waals surface area contributed by atoms with Gasteiger partial charge in [-0.15, -0.1) is 0 Å². The Morgan fingerprint density at radius 1 is 1.24 bits per heavy atom. The lowest BCUT2D eigenvalue weighted by atomic mass is 9.74. The van der Waals surface area contributed by atoms with Crippen molar-refractivity contribution < 1.29 is 4.52 Å². The Morgan fingerprint density at radius 2 is 2.05 bits per heavy atom. The number of nitrogens with zero attached hydrogens (tertiary/aromatic N) is 2. The first-order chi connectivity index (χ1) is 10.1. The van der Waals surface area contributed by atoms with Gasteiger partial charge in [0.25, 0.3) is 0 Å². The molecule has 4 nitrogen and oxygen atoms in total. The van der Waals surface area contributed by atoms with Gasteiger partial charge >= 0.3 is 0 Å². The fourth-order valence-electron chi connectivity index (χ4n) is 3.18. The molecule has 0 spiro atoms. The standard InChI is InChI=1S/C17H23N3O/c1-17(18)12-6-5-9-14(17)16-19-15(20-21-16)11-10-13-7-3-2-4-8-13/h2-4,7-8,14H,5-6,9-12,18H2,1H3. The molecule has 2 unspecified atom stereocenters. The summed E-state index contributed by atoms with van der Waals surface area (Å²) < 4.78 is 5.49. The Morgan fingerprint density at radius 3 is 2.81 bits per heavy atom. The first kappa shape index (κ1) is 14.3. The number of rotatable bonds is 4. The molecule has 2 atom stereocenters. The van der Waals surface area contributed by atoms with E-state index in [4.69, 9.17) is 10.3 Å². The van der Waals surface area contributed by atoms with E-state index in [1.54, 1.807) is 0 Å². The van der Waals surface area contributed by atoms with Crippen LogP contribution in [-0.4, -0.2) is 15.7 Å². The zero-order valence-corrected chi connectivity index (χ0v) is 12.6. The van der Waals surface area contributed by atoms with Crippen molar-refractivity contribution in [1.29, 1.82) is 0 Å². The van der Waals surface area contributed by atoms with Crippen molar-refractivity contribution in [2.45, 2.75) is 56.9 Å². The van der Waals surface area contributed by atoms with Crippen LogP contribution in [0, 0.1) is 0 Å². The van der Waals surface area contributed by atoms with Gasteiger partial charge in [-0.2, -0.15) is 4.98 Å². The van der Waals surface area contributed by atoms with Crippen molar-refractivity contribution in [2.24, 2.45) is 5.73 Å². The number of nitrogens with two attached hydrogens (primary N) is 1. The lowest BCUT2D eigenvalue weighted by molar-refractivity contribution is 0.222.